The number of nitrogens with zero attached hydrogens (tertiary/aromatic N) is 2. The summed E-state index contributed by atoms with van der Waals surface area (Å²) >= 11 is 1.78. The maximum absolute atomic E-state index is 13.5. The van der Waals surface area contributed by atoms with E-state index in [4.69, 9.17) is 0 Å². The van der Waals surface area contributed by atoms with Gasteiger partial charge in [-0.3, -0.25) is 9.59 Å². The van der Waals surface area contributed by atoms with Crippen LogP contribution < -0.4 is 0 Å². The van der Waals surface area contributed by atoms with Gasteiger partial charge in [0.2, 0.25) is 11.8 Å². The van der Waals surface area contributed by atoms with Crippen LogP contribution in [0.4, 0.5) is 0 Å². The van der Waals surface area contributed by atoms with Gasteiger partial charge in [-0.15, -0.1) is 11.3 Å². The molecule has 2 aliphatic rings. The largest absolute Gasteiger partial charge is 0.333 e. The summed E-state index contributed by atoms with van der Waals surface area (Å²) in [6, 6.07) is 10.6. The van der Waals surface area contributed by atoms with Crippen molar-refractivity contribution in [2.45, 2.75) is 58.4 Å². The molecule has 0 spiro atoms. The molecule has 0 radical (unpaired) electrons. The first-order chi connectivity index (χ1) is 14.6. The lowest BCUT2D eigenvalue weighted by molar-refractivity contribution is -0.144. The Bertz CT molecular complexity index is 883. The second-order valence-electron chi connectivity index (χ2n) is 8.69. The summed E-state index contributed by atoms with van der Waals surface area (Å²) in [5.41, 5.74) is 3.61. The summed E-state index contributed by atoms with van der Waals surface area (Å²) in [5, 5.41) is 2.13. The number of rotatable bonds is 6. The molecule has 4 rings (SSSR count). The summed E-state index contributed by atoms with van der Waals surface area (Å²) in [4.78, 5) is 31.8. The number of carbonyl (C=O) groups excluding carboxylic acids is 2. The van der Waals surface area contributed by atoms with E-state index in [1.165, 1.54) is 16.0 Å². The van der Waals surface area contributed by atoms with Gasteiger partial charge in [0.05, 0.1) is 12.6 Å². The number of fused-ring (bicyclic) bond motifs is 1. The molecule has 1 saturated carbocycles. The molecular weight excluding hydrogens is 392 g/mol. The van der Waals surface area contributed by atoms with E-state index in [0.717, 1.165) is 44.1 Å². The number of thiophene rings is 1. The number of hydrogen-bond donors (Lipinski definition) is 0. The third-order valence-corrected chi connectivity index (χ3v) is 7.51. The first kappa shape index (κ1) is 21.1. The summed E-state index contributed by atoms with van der Waals surface area (Å²) < 4.78 is 0. The fraction of sp³-hybridized carbons (Fsp3) is 0.520. The van der Waals surface area contributed by atoms with Gasteiger partial charge in [-0.25, -0.2) is 0 Å². The summed E-state index contributed by atoms with van der Waals surface area (Å²) in [6.45, 7) is 5.73. The smallest absolute Gasteiger partial charge is 0.242 e. The van der Waals surface area contributed by atoms with Crippen LogP contribution in [0.5, 0.6) is 0 Å². The van der Waals surface area contributed by atoms with Crippen molar-refractivity contribution < 1.29 is 9.59 Å². The second kappa shape index (κ2) is 9.34. The lowest BCUT2D eigenvalue weighted by Gasteiger charge is -2.38. The molecule has 1 aromatic heterocycles. The van der Waals surface area contributed by atoms with Crippen LogP contribution in [-0.4, -0.2) is 41.2 Å². The van der Waals surface area contributed by atoms with Crippen LogP contribution in [0.1, 0.15) is 66.6 Å². The number of aryl methyl sites for hydroxylation is 1. The fourth-order valence-electron chi connectivity index (χ4n) is 4.92. The zero-order valence-corrected chi connectivity index (χ0v) is 18.9. The molecule has 30 heavy (non-hydrogen) atoms. The Balaban J connectivity index is 1.57. The molecule has 0 saturated heterocycles. The molecule has 0 unspecified atom stereocenters. The molecule has 1 aliphatic heterocycles. The zero-order valence-electron chi connectivity index (χ0n) is 18.1. The zero-order chi connectivity index (χ0) is 21.1. The molecule has 4 nitrogen and oxygen atoms in total. The van der Waals surface area contributed by atoms with Gasteiger partial charge in [-0.1, -0.05) is 49.6 Å². The van der Waals surface area contributed by atoms with Crippen LogP contribution in [-0.2, 0) is 16.0 Å². The summed E-state index contributed by atoms with van der Waals surface area (Å²) in [5.74, 6) is 0.363. The number of hydrogen-bond acceptors (Lipinski definition) is 3. The molecule has 2 amide bonds. The minimum absolute atomic E-state index is 0.0573. The van der Waals surface area contributed by atoms with Gasteiger partial charge in [0.25, 0.3) is 0 Å². The van der Waals surface area contributed by atoms with Gasteiger partial charge >= 0.3 is 0 Å². The Morgan fingerprint density at radius 3 is 2.57 bits per heavy atom. The van der Waals surface area contributed by atoms with Crippen molar-refractivity contribution in [2.75, 3.05) is 19.6 Å². The van der Waals surface area contributed by atoms with Gasteiger partial charge in [0.1, 0.15) is 0 Å². The van der Waals surface area contributed by atoms with Crippen molar-refractivity contribution in [2.24, 2.45) is 5.92 Å². The maximum atomic E-state index is 13.5. The first-order valence-electron chi connectivity index (χ1n) is 11.3. The highest BCUT2D eigenvalue weighted by atomic mass is 32.1. The number of carbonyl (C=O) groups is 2. The molecule has 2 heterocycles. The lowest BCUT2D eigenvalue weighted by Crippen LogP contribution is -2.48. The Morgan fingerprint density at radius 1 is 1.13 bits per heavy atom. The monoisotopic (exact) mass is 424 g/mol. The van der Waals surface area contributed by atoms with E-state index < -0.39 is 0 Å². The van der Waals surface area contributed by atoms with Crippen molar-refractivity contribution in [3.63, 3.8) is 0 Å². The van der Waals surface area contributed by atoms with Gasteiger partial charge in [-0.05, 0) is 55.2 Å². The molecule has 160 valence electrons. The van der Waals surface area contributed by atoms with E-state index in [-0.39, 0.29) is 30.3 Å². The Hall–Kier alpha value is -2.14. The maximum Gasteiger partial charge on any atom is 0.242 e. The van der Waals surface area contributed by atoms with Gasteiger partial charge < -0.3 is 9.80 Å². The highest BCUT2D eigenvalue weighted by Gasteiger charge is 2.35. The van der Waals surface area contributed by atoms with Crippen LogP contribution in [0.3, 0.4) is 0 Å². The minimum Gasteiger partial charge on any atom is -0.333 e. The van der Waals surface area contributed by atoms with Crippen LogP contribution >= 0.6 is 11.3 Å². The molecule has 1 aromatic carbocycles. The van der Waals surface area contributed by atoms with E-state index in [1.54, 1.807) is 11.3 Å². The molecule has 0 N–H and O–H groups in total. The van der Waals surface area contributed by atoms with Crippen LogP contribution in [0.2, 0.25) is 0 Å². The molecule has 1 fully saturated rings. The highest BCUT2D eigenvalue weighted by molar-refractivity contribution is 7.10. The van der Waals surface area contributed by atoms with Gasteiger partial charge in [-0.2, -0.15) is 0 Å². The number of amides is 2. The highest BCUT2D eigenvalue weighted by Crippen LogP contribution is 2.38. The normalized spacial score (nSPS) is 19.0. The topological polar surface area (TPSA) is 40.6 Å². The van der Waals surface area contributed by atoms with E-state index in [1.807, 2.05) is 9.80 Å². The average molecular weight is 425 g/mol. The van der Waals surface area contributed by atoms with E-state index in [0.29, 0.717) is 13.1 Å². The van der Waals surface area contributed by atoms with Crippen LogP contribution in [0.15, 0.2) is 35.7 Å². The molecular formula is C25H32N2O2S. The van der Waals surface area contributed by atoms with Gasteiger partial charge in [0, 0.05) is 23.9 Å². The predicted molar refractivity (Wildman–Crippen MR) is 122 cm³/mol. The molecule has 2 aromatic rings. The molecule has 1 aliphatic carbocycles. The van der Waals surface area contributed by atoms with Crippen LogP contribution in [0, 0.1) is 12.8 Å². The Kier molecular flexibility index (Phi) is 6.57. The third kappa shape index (κ3) is 4.31. The summed E-state index contributed by atoms with van der Waals surface area (Å²) in [6.07, 6.45) is 5.98. The summed E-state index contributed by atoms with van der Waals surface area (Å²) in [7, 11) is 0. The minimum atomic E-state index is -0.0573. The first-order valence-corrected chi connectivity index (χ1v) is 12.2. The average Bonchev–Trinajstić information content (AvgIpc) is 3.44. The SMILES string of the molecule is CCCN(CC(=O)N1CCc2sccc2[C@@H]1c1ccc(C)cc1)C(=O)C1CCCC1. The van der Waals surface area contributed by atoms with Crippen molar-refractivity contribution in [3.05, 3.63) is 57.3 Å². The molecule has 1 atom stereocenters. The van der Waals surface area contributed by atoms with Gasteiger partial charge in [0.15, 0.2) is 0 Å². The van der Waals surface area contributed by atoms with E-state index >= 15 is 0 Å². The molecule has 0 bridgehead atoms. The third-order valence-electron chi connectivity index (χ3n) is 6.52. The van der Waals surface area contributed by atoms with E-state index in [9.17, 15) is 9.59 Å². The van der Waals surface area contributed by atoms with Crippen molar-refractivity contribution in [1.29, 1.82) is 0 Å². The van der Waals surface area contributed by atoms with Crippen molar-refractivity contribution >= 4 is 23.2 Å². The van der Waals surface area contributed by atoms with E-state index in [2.05, 4.69) is 49.6 Å². The van der Waals surface area contributed by atoms with Crippen molar-refractivity contribution in [3.8, 4) is 0 Å². The number of benzene rings is 1. The van der Waals surface area contributed by atoms with Crippen molar-refractivity contribution in [1.82, 2.24) is 9.80 Å². The quantitative estimate of drug-likeness (QED) is 0.658. The fourth-order valence-corrected chi connectivity index (χ4v) is 5.82. The second-order valence-corrected chi connectivity index (χ2v) is 9.69. The Labute approximate surface area is 183 Å². The standard InChI is InChI=1S/C25H32N2O2S/c1-3-14-26(25(29)20-6-4-5-7-20)17-23(28)27-15-12-22-21(13-16-30-22)24(27)19-10-8-18(2)9-11-19/h8-11,13,16,20,24H,3-7,12,14-15,17H2,1-2H3/t24-/m0/s1. The molecule has 5 heteroatoms. The van der Waals surface area contributed by atoms with Crippen LogP contribution in [0.25, 0.3) is 0 Å². The lowest BCUT2D eigenvalue weighted by atomic mass is 9.92. The Morgan fingerprint density at radius 2 is 1.87 bits per heavy atom. The predicted octanol–water partition coefficient (Wildman–Crippen LogP) is 4.96.